The monoisotopic (exact) mass is 514 g/mol. The van der Waals surface area contributed by atoms with Crippen molar-refractivity contribution in [2.45, 2.75) is 0 Å². The summed E-state index contributed by atoms with van der Waals surface area (Å²) in [5, 5.41) is 4.34. The second-order valence-corrected chi connectivity index (χ2v) is 8.25. The minimum atomic E-state index is -0.207. The van der Waals surface area contributed by atoms with Gasteiger partial charge in [0.1, 0.15) is 0 Å². The highest BCUT2D eigenvalue weighted by atomic mass is 79.9. The van der Waals surface area contributed by atoms with Gasteiger partial charge in [-0.1, -0.05) is 48.0 Å². The van der Waals surface area contributed by atoms with E-state index in [1.165, 1.54) is 0 Å². The molecule has 0 bridgehead atoms. The average Bonchev–Trinajstić information content (AvgIpc) is 2.70. The summed E-state index contributed by atoms with van der Waals surface area (Å²) < 4.78 is 1.78. The molecule has 138 valence electrons. The largest absolute Gasteiger partial charge is 0.322 e. The molecule has 4 rings (SSSR count). The summed E-state index contributed by atoms with van der Waals surface area (Å²) in [5.74, 6) is -0.207. The van der Waals surface area contributed by atoms with Gasteiger partial charge in [0.2, 0.25) is 0 Å². The highest BCUT2D eigenvalue weighted by molar-refractivity contribution is 9.13. The molecule has 0 aliphatic heterocycles. The van der Waals surface area contributed by atoms with E-state index in [-0.39, 0.29) is 5.91 Å². The quantitative estimate of drug-likeness (QED) is 0.310. The Bertz CT molecular complexity index is 1210. The van der Waals surface area contributed by atoms with Gasteiger partial charge in [0, 0.05) is 30.6 Å². The number of nitrogens with zero attached hydrogens (tertiary/aromatic N) is 1. The number of anilines is 1. The average molecular weight is 517 g/mol. The van der Waals surface area contributed by atoms with Crippen molar-refractivity contribution >= 4 is 66.0 Å². The Labute approximate surface area is 184 Å². The summed E-state index contributed by atoms with van der Waals surface area (Å²) in [6.45, 7) is 0. The number of aromatic nitrogens is 1. The molecule has 1 amide bonds. The molecular formula is C22H13Br2ClN2O. The predicted molar refractivity (Wildman–Crippen MR) is 122 cm³/mol. The number of halogens is 3. The predicted octanol–water partition coefficient (Wildman–Crippen LogP) is 7.33. The molecule has 1 heterocycles. The number of nitrogens with one attached hydrogen (secondary N) is 1. The van der Waals surface area contributed by atoms with Gasteiger partial charge in [-0.3, -0.25) is 4.79 Å². The Morgan fingerprint density at radius 2 is 1.64 bits per heavy atom. The standard InChI is InChI=1S/C22H13Br2ClN2O/c23-17-10-9-13(11-18(17)24)26-22(28)16-12-21(15-6-1-3-7-19(15)25)27-20-8-4-2-5-14(16)20/h1-12H,(H,26,28). The van der Waals surface area contributed by atoms with Crippen LogP contribution < -0.4 is 5.32 Å². The van der Waals surface area contributed by atoms with Crippen molar-refractivity contribution in [3.63, 3.8) is 0 Å². The lowest BCUT2D eigenvalue weighted by atomic mass is 10.0. The van der Waals surface area contributed by atoms with Crippen LogP contribution in [0.3, 0.4) is 0 Å². The minimum absolute atomic E-state index is 0.207. The molecule has 0 atom stereocenters. The molecule has 0 saturated heterocycles. The molecule has 4 aromatic rings. The number of pyridine rings is 1. The number of para-hydroxylation sites is 1. The van der Waals surface area contributed by atoms with Gasteiger partial charge >= 0.3 is 0 Å². The van der Waals surface area contributed by atoms with Crippen LogP contribution in [-0.4, -0.2) is 10.9 Å². The molecule has 28 heavy (non-hydrogen) atoms. The van der Waals surface area contributed by atoms with Crippen LogP contribution in [0, 0.1) is 0 Å². The zero-order valence-corrected chi connectivity index (χ0v) is 18.3. The van der Waals surface area contributed by atoms with E-state index in [9.17, 15) is 4.79 Å². The maximum atomic E-state index is 13.1. The van der Waals surface area contributed by atoms with Crippen molar-refractivity contribution < 1.29 is 4.79 Å². The van der Waals surface area contributed by atoms with Gasteiger partial charge < -0.3 is 5.32 Å². The van der Waals surface area contributed by atoms with Gasteiger partial charge in [-0.05, 0) is 68.3 Å². The first-order valence-electron chi connectivity index (χ1n) is 8.44. The fraction of sp³-hybridized carbons (Fsp3) is 0. The van der Waals surface area contributed by atoms with E-state index >= 15 is 0 Å². The minimum Gasteiger partial charge on any atom is -0.322 e. The third-order valence-electron chi connectivity index (χ3n) is 4.29. The number of rotatable bonds is 3. The van der Waals surface area contributed by atoms with Crippen LogP contribution in [0.15, 0.2) is 81.7 Å². The van der Waals surface area contributed by atoms with Gasteiger partial charge in [0.15, 0.2) is 0 Å². The Hall–Kier alpha value is -2.21. The lowest BCUT2D eigenvalue weighted by molar-refractivity contribution is 0.102. The molecule has 6 heteroatoms. The van der Waals surface area contributed by atoms with Gasteiger partial charge in [-0.2, -0.15) is 0 Å². The maximum Gasteiger partial charge on any atom is 0.256 e. The summed E-state index contributed by atoms with van der Waals surface area (Å²) in [4.78, 5) is 17.8. The Balaban J connectivity index is 1.82. The summed E-state index contributed by atoms with van der Waals surface area (Å²) in [6, 6.07) is 22.4. The smallest absolute Gasteiger partial charge is 0.256 e. The highest BCUT2D eigenvalue weighted by Crippen LogP contribution is 2.31. The van der Waals surface area contributed by atoms with Crippen LogP contribution in [-0.2, 0) is 0 Å². The molecule has 0 fully saturated rings. The third-order valence-corrected chi connectivity index (χ3v) is 6.50. The van der Waals surface area contributed by atoms with Gasteiger partial charge in [0.05, 0.1) is 16.8 Å². The lowest BCUT2D eigenvalue weighted by Gasteiger charge is -2.12. The van der Waals surface area contributed by atoms with E-state index < -0.39 is 0 Å². The van der Waals surface area contributed by atoms with Crippen LogP contribution in [0.4, 0.5) is 5.69 Å². The molecule has 0 unspecified atom stereocenters. The van der Waals surface area contributed by atoms with E-state index in [0.29, 0.717) is 22.0 Å². The van der Waals surface area contributed by atoms with Gasteiger partial charge in [0.25, 0.3) is 5.91 Å². The summed E-state index contributed by atoms with van der Waals surface area (Å²) in [7, 11) is 0. The Morgan fingerprint density at radius 3 is 2.43 bits per heavy atom. The first-order chi connectivity index (χ1) is 13.5. The van der Waals surface area contributed by atoms with Gasteiger partial charge in [-0.15, -0.1) is 0 Å². The zero-order valence-electron chi connectivity index (χ0n) is 14.4. The van der Waals surface area contributed by atoms with E-state index in [0.717, 1.165) is 25.4 Å². The van der Waals surface area contributed by atoms with E-state index in [1.807, 2.05) is 66.7 Å². The van der Waals surface area contributed by atoms with Crippen molar-refractivity contribution in [3.8, 4) is 11.3 Å². The van der Waals surface area contributed by atoms with Gasteiger partial charge in [-0.25, -0.2) is 4.98 Å². The first-order valence-corrected chi connectivity index (χ1v) is 10.4. The van der Waals surface area contributed by atoms with Crippen LogP contribution in [0.1, 0.15) is 10.4 Å². The molecule has 3 nitrogen and oxygen atoms in total. The van der Waals surface area contributed by atoms with Crippen LogP contribution in [0.2, 0.25) is 5.02 Å². The van der Waals surface area contributed by atoms with E-state index in [4.69, 9.17) is 16.6 Å². The van der Waals surface area contributed by atoms with Crippen molar-refractivity contribution in [1.29, 1.82) is 0 Å². The zero-order chi connectivity index (χ0) is 19.7. The van der Waals surface area contributed by atoms with Crippen molar-refractivity contribution in [2.24, 2.45) is 0 Å². The topological polar surface area (TPSA) is 42.0 Å². The van der Waals surface area contributed by atoms with Crippen LogP contribution in [0.25, 0.3) is 22.2 Å². The Kier molecular flexibility index (Phi) is 5.49. The number of carbonyl (C=O) groups is 1. The normalized spacial score (nSPS) is 10.8. The summed E-state index contributed by atoms with van der Waals surface area (Å²) in [5.41, 5.74) is 3.42. The molecule has 1 N–H and O–H groups in total. The first kappa shape index (κ1) is 19.1. The second kappa shape index (κ2) is 8.03. The highest BCUT2D eigenvalue weighted by Gasteiger charge is 2.15. The summed E-state index contributed by atoms with van der Waals surface area (Å²) in [6.07, 6.45) is 0. The van der Waals surface area contributed by atoms with Crippen molar-refractivity contribution in [2.75, 3.05) is 5.32 Å². The summed E-state index contributed by atoms with van der Waals surface area (Å²) >= 11 is 13.2. The molecule has 0 aliphatic carbocycles. The molecule has 0 spiro atoms. The Morgan fingerprint density at radius 1 is 0.893 bits per heavy atom. The van der Waals surface area contributed by atoms with Crippen molar-refractivity contribution in [1.82, 2.24) is 4.98 Å². The number of carbonyl (C=O) groups excluding carboxylic acids is 1. The number of hydrogen-bond donors (Lipinski definition) is 1. The fourth-order valence-electron chi connectivity index (χ4n) is 2.94. The van der Waals surface area contributed by atoms with E-state index in [2.05, 4.69) is 37.2 Å². The SMILES string of the molecule is O=C(Nc1ccc(Br)c(Br)c1)c1cc(-c2ccccc2Cl)nc2ccccc12. The molecule has 3 aromatic carbocycles. The molecule has 0 saturated carbocycles. The lowest BCUT2D eigenvalue weighted by Crippen LogP contribution is -2.13. The van der Waals surface area contributed by atoms with E-state index in [1.54, 1.807) is 6.07 Å². The number of hydrogen-bond acceptors (Lipinski definition) is 2. The van der Waals surface area contributed by atoms with Crippen LogP contribution >= 0.6 is 43.5 Å². The number of fused-ring (bicyclic) bond motifs is 1. The fourth-order valence-corrected chi connectivity index (χ4v) is 3.80. The third kappa shape index (κ3) is 3.83. The molecule has 1 aromatic heterocycles. The molecule has 0 radical (unpaired) electrons. The second-order valence-electron chi connectivity index (χ2n) is 6.14. The van der Waals surface area contributed by atoms with Crippen LogP contribution in [0.5, 0.6) is 0 Å². The maximum absolute atomic E-state index is 13.1. The number of amides is 1. The molecule has 0 aliphatic rings. The molecular weight excluding hydrogens is 504 g/mol. The number of benzene rings is 3. The van der Waals surface area contributed by atoms with Crippen molar-refractivity contribution in [3.05, 3.63) is 92.3 Å².